The van der Waals surface area contributed by atoms with Crippen LogP contribution in [-0.4, -0.2) is 32.1 Å². The number of carbonyl (C=O) groups is 1. The smallest absolute Gasteiger partial charge is 0.227 e. The van der Waals surface area contributed by atoms with Crippen LogP contribution in [0.5, 0.6) is 0 Å². The fourth-order valence-corrected chi connectivity index (χ4v) is 3.73. The highest BCUT2D eigenvalue weighted by Gasteiger charge is 2.21. The van der Waals surface area contributed by atoms with Crippen LogP contribution in [0.2, 0.25) is 0 Å². The SMILES string of the molecule is CCS(=O)(=O)NCc1cncc(-c2ccc3c(c2)CCC(=O)N3C)c1C. The first kappa shape index (κ1) is 18.5. The molecular weight excluding hydrogens is 350 g/mol. The van der Waals surface area contributed by atoms with Crippen LogP contribution in [0.3, 0.4) is 0 Å². The molecule has 0 spiro atoms. The number of sulfonamides is 1. The van der Waals surface area contributed by atoms with Crippen LogP contribution in [0.4, 0.5) is 5.69 Å². The molecule has 0 radical (unpaired) electrons. The zero-order chi connectivity index (χ0) is 18.9. The minimum absolute atomic E-state index is 0.0518. The van der Waals surface area contributed by atoms with Gasteiger partial charge in [-0.1, -0.05) is 6.07 Å². The van der Waals surface area contributed by atoms with Crippen LogP contribution in [0, 0.1) is 6.92 Å². The molecule has 6 nitrogen and oxygen atoms in total. The molecule has 1 amide bonds. The van der Waals surface area contributed by atoms with E-state index in [1.807, 2.05) is 19.1 Å². The molecule has 1 aromatic heterocycles. The third kappa shape index (κ3) is 3.64. The van der Waals surface area contributed by atoms with E-state index in [0.29, 0.717) is 6.42 Å². The molecule has 1 aromatic carbocycles. The Hall–Kier alpha value is -2.25. The van der Waals surface area contributed by atoms with Crippen molar-refractivity contribution in [2.24, 2.45) is 0 Å². The van der Waals surface area contributed by atoms with Crippen molar-refractivity contribution in [3.8, 4) is 11.1 Å². The van der Waals surface area contributed by atoms with Crippen LogP contribution in [0.25, 0.3) is 11.1 Å². The molecule has 0 fully saturated rings. The van der Waals surface area contributed by atoms with E-state index >= 15 is 0 Å². The van der Waals surface area contributed by atoms with Gasteiger partial charge in [0.2, 0.25) is 15.9 Å². The van der Waals surface area contributed by atoms with Gasteiger partial charge in [0.25, 0.3) is 0 Å². The molecule has 0 bridgehead atoms. The summed E-state index contributed by atoms with van der Waals surface area (Å²) in [6, 6.07) is 6.05. The predicted molar refractivity (Wildman–Crippen MR) is 102 cm³/mol. The molecule has 0 saturated heterocycles. The first-order chi connectivity index (χ1) is 12.3. The maximum atomic E-state index is 11.8. The van der Waals surface area contributed by atoms with Gasteiger partial charge in [0.15, 0.2) is 0 Å². The van der Waals surface area contributed by atoms with Gasteiger partial charge in [-0.15, -0.1) is 0 Å². The number of hydrogen-bond donors (Lipinski definition) is 1. The Morgan fingerprint density at radius 2 is 2.00 bits per heavy atom. The van der Waals surface area contributed by atoms with Crippen molar-refractivity contribution >= 4 is 21.6 Å². The van der Waals surface area contributed by atoms with Gasteiger partial charge in [-0.25, -0.2) is 13.1 Å². The number of amides is 1. The molecule has 2 aromatic rings. The van der Waals surface area contributed by atoms with Crippen molar-refractivity contribution in [3.05, 3.63) is 47.3 Å². The molecule has 7 heteroatoms. The number of nitrogens with zero attached hydrogens (tertiary/aromatic N) is 2. The van der Waals surface area contributed by atoms with Crippen molar-refractivity contribution in [2.45, 2.75) is 33.2 Å². The van der Waals surface area contributed by atoms with Crippen molar-refractivity contribution in [3.63, 3.8) is 0 Å². The lowest BCUT2D eigenvalue weighted by atomic mass is 9.94. The molecule has 0 atom stereocenters. The molecular formula is C19H23N3O3S. The molecule has 0 unspecified atom stereocenters. The van der Waals surface area contributed by atoms with E-state index in [1.165, 1.54) is 0 Å². The summed E-state index contributed by atoms with van der Waals surface area (Å²) >= 11 is 0. The predicted octanol–water partition coefficient (Wildman–Crippen LogP) is 2.41. The number of hydrogen-bond acceptors (Lipinski definition) is 4. The Morgan fingerprint density at radius 3 is 2.73 bits per heavy atom. The lowest BCUT2D eigenvalue weighted by Gasteiger charge is -2.26. The van der Waals surface area contributed by atoms with Gasteiger partial charge in [-0.05, 0) is 54.7 Å². The van der Waals surface area contributed by atoms with E-state index in [2.05, 4.69) is 15.8 Å². The summed E-state index contributed by atoms with van der Waals surface area (Å²) in [5.41, 5.74) is 5.93. The average Bonchev–Trinajstić information content (AvgIpc) is 2.64. The third-order valence-electron chi connectivity index (χ3n) is 4.92. The second kappa shape index (κ2) is 7.17. The molecule has 0 saturated carbocycles. The van der Waals surface area contributed by atoms with E-state index < -0.39 is 10.0 Å². The number of anilines is 1. The number of aromatic nitrogens is 1. The molecule has 138 valence electrons. The maximum absolute atomic E-state index is 11.8. The Kier molecular flexibility index (Phi) is 5.11. The van der Waals surface area contributed by atoms with Crippen molar-refractivity contribution < 1.29 is 13.2 Å². The lowest BCUT2D eigenvalue weighted by Crippen LogP contribution is -2.31. The lowest BCUT2D eigenvalue weighted by molar-refractivity contribution is -0.118. The first-order valence-corrected chi connectivity index (χ1v) is 10.3. The van der Waals surface area contributed by atoms with Crippen LogP contribution in [-0.2, 0) is 27.8 Å². The van der Waals surface area contributed by atoms with Crippen LogP contribution < -0.4 is 9.62 Å². The normalized spacial score (nSPS) is 14.4. The van der Waals surface area contributed by atoms with Crippen LogP contribution >= 0.6 is 0 Å². The highest BCUT2D eigenvalue weighted by atomic mass is 32.2. The fraction of sp³-hybridized carbons (Fsp3) is 0.368. The second-order valence-corrected chi connectivity index (χ2v) is 8.59. The van der Waals surface area contributed by atoms with Gasteiger partial charge in [-0.2, -0.15) is 0 Å². The Balaban J connectivity index is 1.93. The molecule has 0 aliphatic carbocycles. The number of aryl methyl sites for hydroxylation is 1. The largest absolute Gasteiger partial charge is 0.315 e. The second-order valence-electron chi connectivity index (χ2n) is 6.49. The minimum atomic E-state index is -3.25. The topological polar surface area (TPSA) is 79.4 Å². The number of pyridine rings is 1. The van der Waals surface area contributed by atoms with Gasteiger partial charge < -0.3 is 4.90 Å². The summed E-state index contributed by atoms with van der Waals surface area (Å²) < 4.78 is 26.0. The fourth-order valence-electron chi connectivity index (χ4n) is 3.15. The summed E-state index contributed by atoms with van der Waals surface area (Å²) in [6.45, 7) is 3.81. The molecule has 26 heavy (non-hydrogen) atoms. The van der Waals surface area contributed by atoms with Crippen LogP contribution in [0.1, 0.15) is 30.0 Å². The molecule has 1 N–H and O–H groups in total. The van der Waals surface area contributed by atoms with E-state index in [9.17, 15) is 13.2 Å². The highest BCUT2D eigenvalue weighted by molar-refractivity contribution is 7.89. The van der Waals surface area contributed by atoms with E-state index in [0.717, 1.165) is 39.9 Å². The summed E-state index contributed by atoms with van der Waals surface area (Å²) in [6.07, 6.45) is 4.74. The number of fused-ring (bicyclic) bond motifs is 1. The minimum Gasteiger partial charge on any atom is -0.315 e. The molecule has 3 rings (SSSR count). The molecule has 1 aliphatic rings. The number of carbonyl (C=O) groups excluding carboxylic acids is 1. The Labute approximate surface area is 154 Å². The zero-order valence-electron chi connectivity index (χ0n) is 15.2. The van der Waals surface area contributed by atoms with E-state index in [4.69, 9.17) is 0 Å². The van der Waals surface area contributed by atoms with Crippen molar-refractivity contribution in [2.75, 3.05) is 17.7 Å². The summed E-state index contributed by atoms with van der Waals surface area (Å²) in [5.74, 6) is 0.184. The molecule has 1 aliphatic heterocycles. The third-order valence-corrected chi connectivity index (χ3v) is 6.26. The monoisotopic (exact) mass is 373 g/mol. The van der Waals surface area contributed by atoms with Gasteiger partial charge >= 0.3 is 0 Å². The Bertz CT molecular complexity index is 954. The quantitative estimate of drug-likeness (QED) is 0.873. The standard InChI is InChI=1S/C19H23N3O3S/c1-4-26(24,25)21-11-16-10-20-12-17(13(16)2)14-5-7-18-15(9-14)6-8-19(23)22(18)3/h5,7,9-10,12,21H,4,6,8,11H2,1-3H3. The van der Waals surface area contributed by atoms with E-state index in [-0.39, 0.29) is 18.2 Å². The highest BCUT2D eigenvalue weighted by Crippen LogP contribution is 2.32. The molecule has 2 heterocycles. The van der Waals surface area contributed by atoms with Gasteiger partial charge in [0.1, 0.15) is 0 Å². The maximum Gasteiger partial charge on any atom is 0.227 e. The van der Waals surface area contributed by atoms with Crippen molar-refractivity contribution in [1.29, 1.82) is 0 Å². The zero-order valence-corrected chi connectivity index (χ0v) is 16.1. The summed E-state index contributed by atoms with van der Waals surface area (Å²) in [4.78, 5) is 17.8. The summed E-state index contributed by atoms with van der Waals surface area (Å²) in [5, 5.41) is 0. The summed E-state index contributed by atoms with van der Waals surface area (Å²) in [7, 11) is -1.45. The van der Waals surface area contributed by atoms with Crippen molar-refractivity contribution in [1.82, 2.24) is 9.71 Å². The Morgan fingerprint density at radius 1 is 1.23 bits per heavy atom. The van der Waals surface area contributed by atoms with Gasteiger partial charge in [0, 0.05) is 43.7 Å². The number of benzene rings is 1. The average molecular weight is 373 g/mol. The number of rotatable bonds is 5. The van der Waals surface area contributed by atoms with Gasteiger partial charge in [0.05, 0.1) is 5.75 Å². The first-order valence-electron chi connectivity index (χ1n) is 8.63. The number of nitrogens with one attached hydrogen (secondary N) is 1. The van der Waals surface area contributed by atoms with Gasteiger partial charge in [-0.3, -0.25) is 9.78 Å². The van der Waals surface area contributed by atoms with E-state index in [1.54, 1.807) is 31.3 Å². The van der Waals surface area contributed by atoms with Crippen LogP contribution in [0.15, 0.2) is 30.6 Å².